The van der Waals surface area contributed by atoms with Gasteiger partial charge < -0.3 is 10.1 Å². The Bertz CT molecular complexity index is 442. The molecule has 4 nitrogen and oxygen atoms in total. The molecule has 0 aromatic heterocycles. The molecule has 0 unspecified atom stereocenters. The Labute approximate surface area is 109 Å². The fourth-order valence-corrected chi connectivity index (χ4v) is 1.44. The zero-order chi connectivity index (χ0) is 13.7. The molecule has 0 atom stereocenters. The molecule has 0 heterocycles. The van der Waals surface area contributed by atoms with Gasteiger partial charge in [0.1, 0.15) is 5.82 Å². The molecule has 0 aliphatic carbocycles. The number of ether oxygens (including phenoxy) is 1. The van der Waals surface area contributed by atoms with E-state index in [2.05, 4.69) is 10.1 Å². The topological polar surface area (TPSA) is 55.4 Å². The maximum atomic E-state index is 13.4. The number of hydrogen-bond acceptors (Lipinski definition) is 3. The first-order valence-corrected chi connectivity index (χ1v) is 5.71. The van der Waals surface area contributed by atoms with Crippen LogP contribution in [0.5, 0.6) is 0 Å². The standard InChI is InChI=1S/C12H13ClFNO3/c1-7(2)18-12(17)11(16)15-6-8-9(13)4-3-5-10(8)14/h3-5,7H,6H2,1-2H3,(H,15,16). The Hall–Kier alpha value is -1.62. The molecular weight excluding hydrogens is 261 g/mol. The van der Waals surface area contributed by atoms with E-state index in [1.807, 2.05) is 0 Å². The summed E-state index contributed by atoms with van der Waals surface area (Å²) in [6.07, 6.45) is -0.389. The number of amides is 1. The summed E-state index contributed by atoms with van der Waals surface area (Å²) in [5.41, 5.74) is 0.130. The van der Waals surface area contributed by atoms with Crippen molar-refractivity contribution in [3.63, 3.8) is 0 Å². The van der Waals surface area contributed by atoms with Gasteiger partial charge in [0, 0.05) is 17.1 Å². The molecule has 0 fully saturated rings. The van der Waals surface area contributed by atoms with Crippen molar-refractivity contribution >= 4 is 23.5 Å². The highest BCUT2D eigenvalue weighted by molar-refractivity contribution is 6.33. The molecule has 1 rings (SSSR count). The Morgan fingerprint density at radius 1 is 1.44 bits per heavy atom. The quantitative estimate of drug-likeness (QED) is 0.677. The summed E-state index contributed by atoms with van der Waals surface area (Å²) in [4.78, 5) is 22.5. The summed E-state index contributed by atoms with van der Waals surface area (Å²) in [7, 11) is 0. The van der Waals surface area contributed by atoms with Gasteiger partial charge in [0.05, 0.1) is 6.10 Å². The van der Waals surface area contributed by atoms with Crippen molar-refractivity contribution in [1.82, 2.24) is 5.32 Å². The lowest BCUT2D eigenvalue weighted by Crippen LogP contribution is -2.33. The summed E-state index contributed by atoms with van der Waals surface area (Å²) in [6, 6.07) is 4.17. The Kier molecular flexibility index (Phi) is 5.09. The molecule has 0 saturated heterocycles. The summed E-state index contributed by atoms with van der Waals surface area (Å²) in [6.45, 7) is 3.08. The van der Waals surface area contributed by atoms with Gasteiger partial charge in [0.15, 0.2) is 0 Å². The Morgan fingerprint density at radius 3 is 2.67 bits per heavy atom. The van der Waals surface area contributed by atoms with Gasteiger partial charge >= 0.3 is 11.9 Å². The first-order chi connectivity index (χ1) is 8.41. The SMILES string of the molecule is CC(C)OC(=O)C(=O)NCc1c(F)cccc1Cl. The van der Waals surface area contributed by atoms with Crippen molar-refractivity contribution in [3.8, 4) is 0 Å². The van der Waals surface area contributed by atoms with Gasteiger partial charge in [0.25, 0.3) is 0 Å². The maximum absolute atomic E-state index is 13.4. The van der Waals surface area contributed by atoms with Gasteiger partial charge in [-0.15, -0.1) is 0 Å². The van der Waals surface area contributed by atoms with Gasteiger partial charge in [-0.2, -0.15) is 0 Å². The van der Waals surface area contributed by atoms with Crippen LogP contribution in [0.4, 0.5) is 4.39 Å². The number of hydrogen-bond donors (Lipinski definition) is 1. The maximum Gasteiger partial charge on any atom is 0.397 e. The molecule has 6 heteroatoms. The van der Waals surface area contributed by atoms with Gasteiger partial charge in [-0.25, -0.2) is 9.18 Å². The van der Waals surface area contributed by atoms with Crippen LogP contribution in [-0.2, 0) is 20.9 Å². The van der Waals surface area contributed by atoms with Crippen LogP contribution in [0.25, 0.3) is 0 Å². The normalized spacial score (nSPS) is 10.3. The summed E-state index contributed by atoms with van der Waals surface area (Å²) >= 11 is 5.77. The highest BCUT2D eigenvalue weighted by atomic mass is 35.5. The van der Waals surface area contributed by atoms with E-state index in [-0.39, 0.29) is 23.2 Å². The van der Waals surface area contributed by atoms with Gasteiger partial charge in [0.2, 0.25) is 0 Å². The third-order valence-corrected chi connectivity index (χ3v) is 2.37. The molecule has 0 saturated carbocycles. The number of halogens is 2. The zero-order valence-electron chi connectivity index (χ0n) is 10.00. The van der Waals surface area contributed by atoms with Crippen molar-refractivity contribution in [2.75, 3.05) is 0 Å². The van der Waals surface area contributed by atoms with Gasteiger partial charge in [-0.3, -0.25) is 4.79 Å². The van der Waals surface area contributed by atoms with E-state index in [0.717, 1.165) is 0 Å². The molecule has 1 aromatic rings. The monoisotopic (exact) mass is 273 g/mol. The minimum absolute atomic E-state index is 0.130. The van der Waals surface area contributed by atoms with E-state index in [1.165, 1.54) is 18.2 Å². The molecule has 18 heavy (non-hydrogen) atoms. The molecule has 1 aromatic carbocycles. The smallest absolute Gasteiger partial charge is 0.397 e. The third kappa shape index (κ3) is 4.00. The number of carbonyl (C=O) groups is 2. The fraction of sp³-hybridized carbons (Fsp3) is 0.333. The number of carbonyl (C=O) groups excluding carboxylic acids is 2. The van der Waals surface area contributed by atoms with Gasteiger partial charge in [-0.05, 0) is 26.0 Å². The second-order valence-corrected chi connectivity index (χ2v) is 4.24. The third-order valence-electron chi connectivity index (χ3n) is 2.02. The molecule has 1 amide bonds. The molecule has 0 spiro atoms. The lowest BCUT2D eigenvalue weighted by molar-refractivity contribution is -0.157. The van der Waals surface area contributed by atoms with Crippen molar-refractivity contribution in [2.24, 2.45) is 0 Å². The fourth-order valence-electron chi connectivity index (χ4n) is 1.21. The number of benzene rings is 1. The van der Waals surface area contributed by atoms with Crippen molar-refractivity contribution in [1.29, 1.82) is 0 Å². The summed E-state index contributed by atoms with van der Waals surface area (Å²) in [5, 5.41) is 2.44. The predicted molar refractivity (Wildman–Crippen MR) is 64.5 cm³/mol. The Morgan fingerprint density at radius 2 is 2.11 bits per heavy atom. The van der Waals surface area contributed by atoms with Crippen molar-refractivity contribution < 1.29 is 18.7 Å². The van der Waals surface area contributed by atoms with Crippen molar-refractivity contribution in [3.05, 3.63) is 34.6 Å². The molecule has 0 bridgehead atoms. The minimum atomic E-state index is -1.00. The summed E-state index contributed by atoms with van der Waals surface area (Å²) in [5.74, 6) is -2.47. The second kappa shape index (κ2) is 6.35. The van der Waals surface area contributed by atoms with E-state index in [0.29, 0.717) is 0 Å². The van der Waals surface area contributed by atoms with Crippen LogP contribution in [0, 0.1) is 5.82 Å². The average molecular weight is 274 g/mol. The van der Waals surface area contributed by atoms with E-state index >= 15 is 0 Å². The second-order valence-electron chi connectivity index (χ2n) is 3.84. The Balaban J connectivity index is 2.60. The van der Waals surface area contributed by atoms with Crippen LogP contribution < -0.4 is 5.32 Å². The predicted octanol–water partition coefficient (Wildman–Crippen LogP) is 2.05. The highest BCUT2D eigenvalue weighted by Gasteiger charge is 2.17. The molecular formula is C12H13ClFNO3. The van der Waals surface area contributed by atoms with Crippen LogP contribution >= 0.6 is 11.6 Å². The van der Waals surface area contributed by atoms with Crippen LogP contribution in [0.3, 0.4) is 0 Å². The largest absolute Gasteiger partial charge is 0.456 e. The van der Waals surface area contributed by atoms with Crippen LogP contribution in [0.2, 0.25) is 5.02 Å². The molecule has 0 aliphatic rings. The van der Waals surface area contributed by atoms with Crippen LogP contribution in [0.15, 0.2) is 18.2 Å². The van der Waals surface area contributed by atoms with Gasteiger partial charge in [-0.1, -0.05) is 17.7 Å². The lowest BCUT2D eigenvalue weighted by atomic mass is 10.2. The lowest BCUT2D eigenvalue weighted by Gasteiger charge is -2.09. The zero-order valence-corrected chi connectivity index (χ0v) is 10.8. The van der Waals surface area contributed by atoms with Crippen LogP contribution in [-0.4, -0.2) is 18.0 Å². The molecule has 98 valence electrons. The minimum Gasteiger partial charge on any atom is -0.456 e. The van der Waals surface area contributed by atoms with E-state index < -0.39 is 17.7 Å². The summed E-state index contributed by atoms with van der Waals surface area (Å²) < 4.78 is 18.0. The van der Waals surface area contributed by atoms with E-state index in [9.17, 15) is 14.0 Å². The number of nitrogens with one attached hydrogen (secondary N) is 1. The van der Waals surface area contributed by atoms with Crippen molar-refractivity contribution in [2.45, 2.75) is 26.5 Å². The number of rotatable bonds is 3. The first kappa shape index (κ1) is 14.4. The van der Waals surface area contributed by atoms with E-state index in [1.54, 1.807) is 13.8 Å². The average Bonchev–Trinajstić information content (AvgIpc) is 2.27. The number of esters is 1. The molecule has 0 aliphatic heterocycles. The van der Waals surface area contributed by atoms with Crippen LogP contribution in [0.1, 0.15) is 19.4 Å². The molecule has 1 N–H and O–H groups in total. The molecule has 0 radical (unpaired) electrons. The first-order valence-electron chi connectivity index (χ1n) is 5.33. The van der Waals surface area contributed by atoms with E-state index in [4.69, 9.17) is 11.6 Å². The highest BCUT2D eigenvalue weighted by Crippen LogP contribution is 2.18.